The van der Waals surface area contributed by atoms with Gasteiger partial charge >= 0.3 is 0 Å². The summed E-state index contributed by atoms with van der Waals surface area (Å²) < 4.78 is 10.8. The molecule has 0 rings (SSSR count). The monoisotopic (exact) mass is 248 g/mol. The van der Waals surface area contributed by atoms with Gasteiger partial charge in [0.1, 0.15) is 0 Å². The molecule has 5 heteroatoms. The Balaban J connectivity index is 3.79. The molecule has 0 aromatic rings. The third kappa shape index (κ3) is 7.82. The van der Waals surface area contributed by atoms with E-state index in [2.05, 4.69) is 19.2 Å². The molecule has 0 fully saturated rings. The standard InChI is InChI=1S/C11H24N2O2S/c1-9(2)7-10(8-12)11(14)13-5-4-6-16(3)15/h9-10H,4-8,12H2,1-3H3,(H,13,14). The molecule has 0 aromatic carbocycles. The maximum absolute atomic E-state index is 11.7. The van der Waals surface area contributed by atoms with E-state index in [0.717, 1.165) is 12.8 Å². The van der Waals surface area contributed by atoms with Gasteiger partial charge in [0.05, 0.1) is 5.92 Å². The van der Waals surface area contributed by atoms with Crippen molar-refractivity contribution in [3.63, 3.8) is 0 Å². The van der Waals surface area contributed by atoms with Gasteiger partial charge in [0.2, 0.25) is 5.91 Å². The van der Waals surface area contributed by atoms with Gasteiger partial charge < -0.3 is 11.1 Å². The third-order valence-electron chi connectivity index (χ3n) is 2.32. The lowest BCUT2D eigenvalue weighted by Gasteiger charge is -2.16. The average molecular weight is 248 g/mol. The lowest BCUT2D eigenvalue weighted by Crippen LogP contribution is -2.36. The van der Waals surface area contributed by atoms with E-state index < -0.39 is 10.8 Å². The molecule has 0 saturated carbocycles. The second-order valence-corrected chi connectivity index (χ2v) is 6.04. The Kier molecular flexibility index (Phi) is 8.47. The normalized spacial score (nSPS) is 14.8. The zero-order valence-electron chi connectivity index (χ0n) is 10.5. The van der Waals surface area contributed by atoms with Gasteiger partial charge in [-0.05, 0) is 18.8 Å². The van der Waals surface area contributed by atoms with E-state index in [1.54, 1.807) is 6.26 Å². The summed E-state index contributed by atoms with van der Waals surface area (Å²) in [5.74, 6) is 1.05. The van der Waals surface area contributed by atoms with Gasteiger partial charge in [0.15, 0.2) is 0 Å². The fourth-order valence-electron chi connectivity index (χ4n) is 1.51. The second kappa shape index (κ2) is 8.70. The summed E-state index contributed by atoms with van der Waals surface area (Å²) >= 11 is 0. The first-order chi connectivity index (χ1) is 7.47. The minimum absolute atomic E-state index is 0.0260. The van der Waals surface area contributed by atoms with Crippen molar-refractivity contribution in [2.45, 2.75) is 26.7 Å². The summed E-state index contributed by atoms with van der Waals surface area (Å²) in [6, 6.07) is 0. The molecular weight excluding hydrogens is 224 g/mol. The molecule has 2 atom stereocenters. The minimum atomic E-state index is -0.778. The number of hydrogen-bond donors (Lipinski definition) is 2. The molecule has 0 heterocycles. The Morgan fingerprint density at radius 3 is 2.50 bits per heavy atom. The molecule has 16 heavy (non-hydrogen) atoms. The second-order valence-electron chi connectivity index (χ2n) is 4.48. The molecular formula is C11H24N2O2S. The fourth-order valence-corrected chi connectivity index (χ4v) is 2.06. The van der Waals surface area contributed by atoms with E-state index in [9.17, 15) is 9.00 Å². The summed E-state index contributed by atoms with van der Waals surface area (Å²) in [7, 11) is -0.778. The van der Waals surface area contributed by atoms with Gasteiger partial charge in [-0.15, -0.1) is 0 Å². The average Bonchev–Trinajstić information content (AvgIpc) is 2.20. The number of amides is 1. The van der Waals surface area contributed by atoms with Gasteiger partial charge in [-0.1, -0.05) is 13.8 Å². The molecule has 2 unspecified atom stereocenters. The van der Waals surface area contributed by atoms with Crippen LogP contribution in [-0.4, -0.2) is 35.2 Å². The summed E-state index contributed by atoms with van der Waals surface area (Å²) in [5.41, 5.74) is 5.56. The zero-order valence-corrected chi connectivity index (χ0v) is 11.3. The Morgan fingerprint density at radius 2 is 2.06 bits per heavy atom. The van der Waals surface area contributed by atoms with Crippen molar-refractivity contribution in [2.24, 2.45) is 17.6 Å². The molecule has 0 bridgehead atoms. The molecule has 3 N–H and O–H groups in total. The number of carbonyl (C=O) groups excluding carboxylic acids is 1. The van der Waals surface area contributed by atoms with Crippen LogP contribution in [0.15, 0.2) is 0 Å². The molecule has 0 spiro atoms. The quantitative estimate of drug-likeness (QED) is 0.614. The Bertz CT molecular complexity index is 232. The van der Waals surface area contributed by atoms with Crippen molar-refractivity contribution in [3.8, 4) is 0 Å². The SMILES string of the molecule is CC(C)CC(CN)C(=O)NCCCS(C)=O. The van der Waals surface area contributed by atoms with Crippen LogP contribution < -0.4 is 11.1 Å². The Labute approximate surface area is 101 Å². The van der Waals surface area contributed by atoms with Crippen LogP contribution >= 0.6 is 0 Å². The predicted octanol–water partition coefficient (Wildman–Crippen LogP) is 0.492. The fraction of sp³-hybridized carbons (Fsp3) is 0.909. The number of hydrogen-bond acceptors (Lipinski definition) is 3. The number of carbonyl (C=O) groups is 1. The van der Waals surface area contributed by atoms with E-state index in [1.165, 1.54) is 0 Å². The van der Waals surface area contributed by atoms with Crippen molar-refractivity contribution < 1.29 is 9.00 Å². The van der Waals surface area contributed by atoms with Gasteiger partial charge in [-0.3, -0.25) is 9.00 Å². The van der Waals surface area contributed by atoms with Crippen LogP contribution in [0.2, 0.25) is 0 Å². The topological polar surface area (TPSA) is 72.2 Å². The first-order valence-electron chi connectivity index (χ1n) is 5.75. The van der Waals surface area contributed by atoms with E-state index in [-0.39, 0.29) is 11.8 Å². The van der Waals surface area contributed by atoms with Crippen molar-refractivity contribution in [2.75, 3.05) is 25.1 Å². The maximum Gasteiger partial charge on any atom is 0.224 e. The van der Waals surface area contributed by atoms with Crippen molar-refractivity contribution in [3.05, 3.63) is 0 Å². The Morgan fingerprint density at radius 1 is 1.44 bits per heavy atom. The third-order valence-corrected chi connectivity index (χ3v) is 3.18. The van der Waals surface area contributed by atoms with E-state index >= 15 is 0 Å². The first-order valence-corrected chi connectivity index (χ1v) is 7.47. The van der Waals surface area contributed by atoms with E-state index in [1.807, 2.05) is 0 Å². The molecule has 0 aliphatic rings. The van der Waals surface area contributed by atoms with E-state index in [4.69, 9.17) is 5.73 Å². The van der Waals surface area contributed by atoms with E-state index in [0.29, 0.717) is 24.8 Å². The van der Waals surface area contributed by atoms with Crippen molar-refractivity contribution >= 4 is 16.7 Å². The highest BCUT2D eigenvalue weighted by molar-refractivity contribution is 7.84. The van der Waals surface area contributed by atoms with Gasteiger partial charge in [-0.2, -0.15) is 0 Å². The molecule has 0 aliphatic carbocycles. The van der Waals surface area contributed by atoms with Crippen LogP contribution in [0.1, 0.15) is 26.7 Å². The smallest absolute Gasteiger partial charge is 0.224 e. The summed E-state index contributed by atoms with van der Waals surface area (Å²) in [4.78, 5) is 11.7. The van der Waals surface area contributed by atoms with Crippen LogP contribution in [0, 0.1) is 11.8 Å². The predicted molar refractivity (Wildman–Crippen MR) is 68.6 cm³/mol. The molecule has 0 aliphatic heterocycles. The maximum atomic E-state index is 11.7. The molecule has 4 nitrogen and oxygen atoms in total. The number of rotatable bonds is 8. The zero-order chi connectivity index (χ0) is 12.6. The highest BCUT2D eigenvalue weighted by Gasteiger charge is 2.17. The first kappa shape index (κ1) is 15.6. The molecule has 0 aromatic heterocycles. The number of nitrogens with one attached hydrogen (secondary N) is 1. The van der Waals surface area contributed by atoms with Gasteiger partial charge in [-0.25, -0.2) is 0 Å². The highest BCUT2D eigenvalue weighted by Crippen LogP contribution is 2.10. The van der Waals surface area contributed by atoms with Gasteiger partial charge in [0.25, 0.3) is 0 Å². The van der Waals surface area contributed by atoms with Crippen LogP contribution in [0.25, 0.3) is 0 Å². The van der Waals surface area contributed by atoms with Crippen LogP contribution in [0.5, 0.6) is 0 Å². The van der Waals surface area contributed by atoms with Crippen molar-refractivity contribution in [1.29, 1.82) is 0 Å². The van der Waals surface area contributed by atoms with Crippen LogP contribution in [0.3, 0.4) is 0 Å². The van der Waals surface area contributed by atoms with Crippen molar-refractivity contribution in [1.82, 2.24) is 5.32 Å². The summed E-state index contributed by atoms with van der Waals surface area (Å²) in [6.45, 7) is 5.14. The van der Waals surface area contributed by atoms with Crippen LogP contribution in [0.4, 0.5) is 0 Å². The van der Waals surface area contributed by atoms with Crippen LogP contribution in [-0.2, 0) is 15.6 Å². The largest absolute Gasteiger partial charge is 0.356 e. The lowest BCUT2D eigenvalue weighted by molar-refractivity contribution is -0.125. The molecule has 0 saturated heterocycles. The lowest BCUT2D eigenvalue weighted by atomic mass is 9.96. The minimum Gasteiger partial charge on any atom is -0.356 e. The summed E-state index contributed by atoms with van der Waals surface area (Å²) in [5, 5.41) is 2.84. The molecule has 96 valence electrons. The summed E-state index contributed by atoms with van der Waals surface area (Å²) in [6.07, 6.45) is 3.25. The highest BCUT2D eigenvalue weighted by atomic mass is 32.2. The Hall–Kier alpha value is -0.420. The molecule has 1 amide bonds. The number of nitrogens with two attached hydrogens (primary N) is 1. The van der Waals surface area contributed by atoms with Gasteiger partial charge in [0, 0.05) is 35.9 Å². The molecule has 0 radical (unpaired) electrons.